The third-order valence-electron chi connectivity index (χ3n) is 3.81. The number of nitrogens with zero attached hydrogens (tertiary/aromatic N) is 2. The molecule has 1 N–H and O–H groups in total. The van der Waals surface area contributed by atoms with Crippen LogP contribution in [0.1, 0.15) is 37.6 Å². The maximum atomic E-state index is 12.7. The van der Waals surface area contributed by atoms with Gasteiger partial charge in [-0.3, -0.25) is 14.6 Å². The molecule has 1 aliphatic heterocycles. The maximum absolute atomic E-state index is 12.7. The Morgan fingerprint density at radius 3 is 2.57 bits per heavy atom. The third kappa shape index (κ3) is 3.76. The number of anilines is 1. The summed E-state index contributed by atoms with van der Waals surface area (Å²) >= 11 is 0. The van der Waals surface area contributed by atoms with Gasteiger partial charge in [-0.2, -0.15) is 4.31 Å². The number of hydrogen-bond donors (Lipinski definition) is 1. The molecule has 1 saturated heterocycles. The van der Waals surface area contributed by atoms with Crippen molar-refractivity contribution in [1.82, 2.24) is 9.29 Å². The van der Waals surface area contributed by atoms with Gasteiger partial charge in [0.25, 0.3) is 0 Å². The van der Waals surface area contributed by atoms with E-state index in [1.54, 1.807) is 13.8 Å². The number of rotatable bonds is 5. The van der Waals surface area contributed by atoms with Crippen LogP contribution in [0.2, 0.25) is 0 Å². The SMILES string of the molecule is CC(=O)c1cnccc1NC(=O)C(C(C)C)N1CCCS1(=O)=O. The van der Waals surface area contributed by atoms with Crippen LogP contribution in [0, 0.1) is 5.92 Å². The van der Waals surface area contributed by atoms with Crippen LogP contribution in [0.3, 0.4) is 0 Å². The Labute approximate surface area is 136 Å². The quantitative estimate of drug-likeness (QED) is 0.815. The molecule has 0 bridgehead atoms. The minimum Gasteiger partial charge on any atom is -0.324 e. The summed E-state index contributed by atoms with van der Waals surface area (Å²) in [6, 6.07) is 0.736. The number of Topliss-reactive ketones (excluding diaryl/α,β-unsaturated/α-hetero) is 1. The average Bonchev–Trinajstić information content (AvgIpc) is 2.78. The molecule has 126 valence electrons. The highest BCUT2D eigenvalue weighted by Crippen LogP contribution is 2.24. The van der Waals surface area contributed by atoms with Crippen LogP contribution in [0.15, 0.2) is 18.5 Å². The summed E-state index contributed by atoms with van der Waals surface area (Å²) < 4.78 is 25.5. The molecule has 2 rings (SSSR count). The van der Waals surface area contributed by atoms with Crippen molar-refractivity contribution in [3.8, 4) is 0 Å². The molecular weight excluding hydrogens is 318 g/mol. The first-order valence-electron chi connectivity index (χ1n) is 7.49. The summed E-state index contributed by atoms with van der Waals surface area (Å²) in [7, 11) is -3.40. The van der Waals surface area contributed by atoms with Gasteiger partial charge in [0.1, 0.15) is 6.04 Å². The Bertz CT molecular complexity index is 715. The van der Waals surface area contributed by atoms with Crippen molar-refractivity contribution in [3.63, 3.8) is 0 Å². The van der Waals surface area contributed by atoms with Crippen molar-refractivity contribution in [2.45, 2.75) is 33.2 Å². The Kier molecular flexibility index (Phi) is 5.16. The first-order valence-corrected chi connectivity index (χ1v) is 9.10. The van der Waals surface area contributed by atoms with Gasteiger partial charge in [0.2, 0.25) is 15.9 Å². The summed E-state index contributed by atoms with van der Waals surface area (Å²) in [5.41, 5.74) is 0.646. The summed E-state index contributed by atoms with van der Waals surface area (Å²) in [6.45, 7) is 5.33. The molecule has 2 heterocycles. The van der Waals surface area contributed by atoms with Crippen LogP contribution in [0.5, 0.6) is 0 Å². The zero-order valence-corrected chi connectivity index (χ0v) is 14.3. The normalized spacial score (nSPS) is 18.8. The van der Waals surface area contributed by atoms with E-state index >= 15 is 0 Å². The standard InChI is InChI=1S/C15H21N3O4S/c1-10(2)14(18-7-4-8-23(18,21)22)15(20)17-13-5-6-16-9-12(13)11(3)19/h5-6,9-10,14H,4,7-8H2,1-3H3,(H,16,17,20). The number of aromatic nitrogens is 1. The number of pyridine rings is 1. The number of sulfonamides is 1. The number of ketones is 1. The van der Waals surface area contributed by atoms with Crippen molar-refractivity contribution >= 4 is 27.4 Å². The molecule has 1 aliphatic rings. The van der Waals surface area contributed by atoms with Gasteiger partial charge < -0.3 is 5.32 Å². The van der Waals surface area contributed by atoms with Crippen LogP contribution in [-0.4, -0.2) is 47.7 Å². The third-order valence-corrected chi connectivity index (χ3v) is 5.74. The van der Waals surface area contributed by atoms with Gasteiger partial charge in [-0.15, -0.1) is 0 Å². The molecule has 1 aromatic rings. The van der Waals surface area contributed by atoms with Crippen LogP contribution < -0.4 is 5.32 Å². The van der Waals surface area contributed by atoms with E-state index in [1.807, 2.05) is 0 Å². The van der Waals surface area contributed by atoms with Gasteiger partial charge >= 0.3 is 0 Å². The number of nitrogens with one attached hydrogen (secondary N) is 1. The molecule has 1 unspecified atom stereocenters. The largest absolute Gasteiger partial charge is 0.324 e. The van der Waals surface area contributed by atoms with Crippen LogP contribution in [-0.2, 0) is 14.8 Å². The molecule has 0 aromatic carbocycles. The van der Waals surface area contributed by atoms with Crippen LogP contribution in [0.4, 0.5) is 5.69 Å². The second-order valence-corrected chi connectivity index (χ2v) is 7.98. The molecule has 0 aliphatic carbocycles. The first-order chi connectivity index (χ1) is 10.7. The lowest BCUT2D eigenvalue weighted by atomic mass is 10.0. The number of carbonyl (C=O) groups is 2. The highest BCUT2D eigenvalue weighted by molar-refractivity contribution is 7.89. The minimum atomic E-state index is -3.40. The molecule has 0 spiro atoms. The number of hydrogen-bond acceptors (Lipinski definition) is 5. The number of carbonyl (C=O) groups excluding carboxylic acids is 2. The van der Waals surface area contributed by atoms with E-state index in [-0.39, 0.29) is 17.5 Å². The fourth-order valence-electron chi connectivity index (χ4n) is 2.73. The Hall–Kier alpha value is -1.80. The summed E-state index contributed by atoms with van der Waals surface area (Å²) in [5, 5.41) is 2.68. The van der Waals surface area contributed by atoms with Gasteiger partial charge in [0.15, 0.2) is 5.78 Å². The summed E-state index contributed by atoms with van der Waals surface area (Å²) in [6.07, 6.45) is 3.38. The predicted molar refractivity (Wildman–Crippen MR) is 86.6 cm³/mol. The highest BCUT2D eigenvalue weighted by atomic mass is 32.2. The lowest BCUT2D eigenvalue weighted by Gasteiger charge is -2.28. The smallest absolute Gasteiger partial charge is 0.243 e. The second kappa shape index (κ2) is 6.76. The van der Waals surface area contributed by atoms with E-state index in [4.69, 9.17) is 0 Å². The fraction of sp³-hybridized carbons (Fsp3) is 0.533. The van der Waals surface area contributed by atoms with E-state index in [1.165, 1.54) is 29.7 Å². The molecule has 1 fully saturated rings. The van der Waals surface area contributed by atoms with E-state index in [0.29, 0.717) is 24.2 Å². The molecule has 8 heteroatoms. The molecular formula is C15H21N3O4S. The fourth-order valence-corrected chi connectivity index (χ4v) is 4.55. The number of amides is 1. The zero-order chi connectivity index (χ0) is 17.2. The second-order valence-electron chi connectivity index (χ2n) is 5.94. The van der Waals surface area contributed by atoms with Crippen LogP contribution >= 0.6 is 0 Å². The monoisotopic (exact) mass is 339 g/mol. The van der Waals surface area contributed by atoms with E-state index in [9.17, 15) is 18.0 Å². The molecule has 0 saturated carbocycles. The van der Waals surface area contributed by atoms with E-state index in [0.717, 1.165) is 0 Å². The summed E-state index contributed by atoms with van der Waals surface area (Å²) in [5.74, 6) is -0.773. The van der Waals surface area contributed by atoms with E-state index < -0.39 is 22.0 Å². The van der Waals surface area contributed by atoms with Crippen molar-refractivity contribution in [2.75, 3.05) is 17.6 Å². The molecule has 0 radical (unpaired) electrons. The Morgan fingerprint density at radius 2 is 2.04 bits per heavy atom. The van der Waals surface area contributed by atoms with Gasteiger partial charge in [-0.1, -0.05) is 13.8 Å². The lowest BCUT2D eigenvalue weighted by Crippen LogP contribution is -2.48. The molecule has 1 amide bonds. The van der Waals surface area contributed by atoms with Crippen molar-refractivity contribution < 1.29 is 18.0 Å². The Balaban J connectivity index is 2.29. The molecule has 23 heavy (non-hydrogen) atoms. The molecule has 7 nitrogen and oxygen atoms in total. The van der Waals surface area contributed by atoms with E-state index in [2.05, 4.69) is 10.3 Å². The van der Waals surface area contributed by atoms with Gasteiger partial charge in [-0.25, -0.2) is 8.42 Å². The lowest BCUT2D eigenvalue weighted by molar-refractivity contribution is -0.120. The average molecular weight is 339 g/mol. The predicted octanol–water partition coefficient (Wildman–Crippen LogP) is 1.28. The van der Waals surface area contributed by atoms with Crippen LogP contribution in [0.25, 0.3) is 0 Å². The summed E-state index contributed by atoms with van der Waals surface area (Å²) in [4.78, 5) is 28.1. The van der Waals surface area contributed by atoms with Crippen molar-refractivity contribution in [3.05, 3.63) is 24.0 Å². The molecule has 1 aromatic heterocycles. The Morgan fingerprint density at radius 1 is 1.35 bits per heavy atom. The minimum absolute atomic E-state index is 0.0669. The van der Waals surface area contributed by atoms with Gasteiger partial charge in [0, 0.05) is 18.9 Å². The van der Waals surface area contributed by atoms with Gasteiger partial charge in [0.05, 0.1) is 17.0 Å². The highest BCUT2D eigenvalue weighted by Gasteiger charge is 2.40. The van der Waals surface area contributed by atoms with Crippen molar-refractivity contribution in [1.29, 1.82) is 0 Å². The molecule has 1 atom stereocenters. The zero-order valence-electron chi connectivity index (χ0n) is 13.4. The van der Waals surface area contributed by atoms with Gasteiger partial charge in [-0.05, 0) is 25.3 Å². The first kappa shape index (κ1) is 17.6. The maximum Gasteiger partial charge on any atom is 0.243 e. The van der Waals surface area contributed by atoms with Crippen molar-refractivity contribution in [2.24, 2.45) is 5.92 Å². The topological polar surface area (TPSA) is 96.4 Å².